The minimum Gasteiger partial charge on any atom is -0.462 e. The Hall–Kier alpha value is -1.92. The molecule has 0 saturated carbocycles. The van der Waals surface area contributed by atoms with Crippen molar-refractivity contribution in [3.8, 4) is 0 Å². The number of thiophene rings is 1. The largest absolute Gasteiger partial charge is 0.462 e. The third kappa shape index (κ3) is 3.76. The highest BCUT2D eigenvalue weighted by Gasteiger charge is 2.28. The van der Waals surface area contributed by atoms with E-state index in [2.05, 4.69) is 18.0 Å². The quantitative estimate of drug-likeness (QED) is 0.596. The maximum absolute atomic E-state index is 12.8. The molecular weight excluding hydrogens is 324 g/mol. The average Bonchev–Trinajstić information content (AvgIpc) is 3.15. The number of Topliss-reactive ketones (excluding diaryl/α,β-unsaturated/α-hetero) is 1. The molecule has 0 aliphatic heterocycles. The number of nitrogens with one attached hydrogen (secondary N) is 1. The summed E-state index contributed by atoms with van der Waals surface area (Å²) in [7, 11) is 0. The summed E-state index contributed by atoms with van der Waals surface area (Å²) in [6.45, 7) is 9.65. The maximum atomic E-state index is 12.8. The van der Waals surface area contributed by atoms with Crippen LogP contribution in [0.3, 0.4) is 0 Å². The van der Waals surface area contributed by atoms with E-state index in [9.17, 15) is 9.59 Å². The lowest BCUT2D eigenvalue weighted by molar-refractivity contribution is -0.708. The molecule has 3 N–H and O–H groups in total. The summed E-state index contributed by atoms with van der Waals surface area (Å²) in [6.07, 6.45) is 0. The number of quaternary nitrogens is 1. The Morgan fingerprint density at radius 2 is 2.04 bits per heavy atom. The molecule has 0 aliphatic rings. The van der Waals surface area contributed by atoms with Crippen molar-refractivity contribution in [1.82, 2.24) is 4.98 Å². The molecule has 2 aromatic heterocycles. The Bertz CT molecular complexity index is 719. The van der Waals surface area contributed by atoms with Crippen molar-refractivity contribution >= 4 is 23.1 Å². The summed E-state index contributed by atoms with van der Waals surface area (Å²) in [5.41, 5.74) is 2.31. The molecular formula is C18H25N2O3S+. The first-order chi connectivity index (χ1) is 11.4. The highest BCUT2D eigenvalue weighted by atomic mass is 32.1. The van der Waals surface area contributed by atoms with Gasteiger partial charge in [-0.3, -0.25) is 4.79 Å². The Morgan fingerprint density at radius 1 is 1.33 bits per heavy atom. The molecule has 130 valence electrons. The minimum atomic E-state index is -0.383. The molecule has 0 fully saturated rings. The summed E-state index contributed by atoms with van der Waals surface area (Å²) in [6, 6.07) is 4.06. The minimum absolute atomic E-state index is 0.00504. The van der Waals surface area contributed by atoms with E-state index in [1.54, 1.807) is 32.1 Å². The second-order valence-electron chi connectivity index (χ2n) is 5.99. The van der Waals surface area contributed by atoms with Crippen molar-refractivity contribution in [2.45, 2.75) is 46.7 Å². The van der Waals surface area contributed by atoms with E-state index < -0.39 is 0 Å². The third-order valence-electron chi connectivity index (χ3n) is 4.15. The normalized spacial score (nSPS) is 13.5. The van der Waals surface area contributed by atoms with Gasteiger partial charge in [0.1, 0.15) is 12.1 Å². The lowest BCUT2D eigenvalue weighted by atomic mass is 10.0. The molecule has 2 aromatic rings. The Morgan fingerprint density at radius 3 is 2.62 bits per heavy atom. The van der Waals surface area contributed by atoms with Crippen molar-refractivity contribution in [2.75, 3.05) is 6.61 Å². The van der Waals surface area contributed by atoms with Gasteiger partial charge in [-0.15, -0.1) is 11.3 Å². The predicted octanol–water partition coefficient (Wildman–Crippen LogP) is 2.77. The molecule has 5 nitrogen and oxygen atoms in total. The zero-order chi connectivity index (χ0) is 17.9. The number of esters is 1. The first-order valence-electron chi connectivity index (χ1n) is 8.15. The highest BCUT2D eigenvalue weighted by molar-refractivity contribution is 7.10. The van der Waals surface area contributed by atoms with Gasteiger partial charge in [0.15, 0.2) is 0 Å². The molecule has 2 atom stereocenters. The SMILES string of the molecule is CCOC(=O)c1c(C)[nH]c(C(=O)[C@H](C)[NH2+][C@H](C)c2cccs2)c1C. The number of aromatic nitrogens is 1. The van der Waals surface area contributed by atoms with E-state index in [0.29, 0.717) is 29.1 Å². The first-order valence-corrected chi connectivity index (χ1v) is 9.03. The molecule has 2 heterocycles. The van der Waals surface area contributed by atoms with Crippen LogP contribution in [0.15, 0.2) is 17.5 Å². The fourth-order valence-electron chi connectivity index (χ4n) is 2.90. The molecule has 0 amide bonds. The summed E-state index contributed by atoms with van der Waals surface area (Å²) in [5, 5.41) is 4.09. The number of aromatic amines is 1. The van der Waals surface area contributed by atoms with Crippen molar-refractivity contribution < 1.29 is 19.6 Å². The monoisotopic (exact) mass is 349 g/mol. The van der Waals surface area contributed by atoms with Crippen LogP contribution in [-0.2, 0) is 4.74 Å². The van der Waals surface area contributed by atoms with Crippen LogP contribution in [0.5, 0.6) is 0 Å². The van der Waals surface area contributed by atoms with Gasteiger partial charge in [0.2, 0.25) is 5.78 Å². The zero-order valence-electron chi connectivity index (χ0n) is 14.8. The smallest absolute Gasteiger partial charge is 0.340 e. The van der Waals surface area contributed by atoms with Crippen LogP contribution in [0.25, 0.3) is 0 Å². The number of hydrogen-bond acceptors (Lipinski definition) is 4. The second kappa shape index (κ2) is 7.77. The molecule has 2 rings (SSSR count). The predicted molar refractivity (Wildman–Crippen MR) is 94.7 cm³/mol. The fraction of sp³-hybridized carbons (Fsp3) is 0.444. The lowest BCUT2D eigenvalue weighted by Crippen LogP contribution is -2.91. The van der Waals surface area contributed by atoms with Gasteiger partial charge in [-0.25, -0.2) is 4.79 Å². The van der Waals surface area contributed by atoms with E-state index >= 15 is 0 Å². The standard InChI is InChI=1S/C18H24N2O3S/c1-6-23-18(22)15-10(2)16(20-12(15)4)17(21)13(5)19-11(3)14-8-7-9-24-14/h7-9,11,13,19-20H,6H2,1-5H3/p+1/t11-,13+/m1/s1. The van der Waals surface area contributed by atoms with Crippen molar-refractivity contribution in [1.29, 1.82) is 0 Å². The van der Waals surface area contributed by atoms with E-state index in [4.69, 9.17) is 4.74 Å². The summed E-state index contributed by atoms with van der Waals surface area (Å²) >= 11 is 1.69. The molecule has 0 aliphatic carbocycles. The highest BCUT2D eigenvalue weighted by Crippen LogP contribution is 2.20. The van der Waals surface area contributed by atoms with Crippen LogP contribution in [0, 0.1) is 13.8 Å². The summed E-state index contributed by atoms with van der Waals surface area (Å²) < 4.78 is 5.08. The molecule has 0 bridgehead atoms. The Kier molecular flexibility index (Phi) is 5.96. The van der Waals surface area contributed by atoms with Gasteiger partial charge in [-0.2, -0.15) is 0 Å². The van der Waals surface area contributed by atoms with Gasteiger partial charge in [-0.05, 0) is 51.6 Å². The van der Waals surface area contributed by atoms with Crippen LogP contribution in [-0.4, -0.2) is 29.4 Å². The molecule has 0 aromatic carbocycles. The van der Waals surface area contributed by atoms with Gasteiger partial charge >= 0.3 is 5.97 Å². The van der Waals surface area contributed by atoms with Gasteiger partial charge in [-0.1, -0.05) is 6.07 Å². The fourth-order valence-corrected chi connectivity index (χ4v) is 3.66. The van der Waals surface area contributed by atoms with Gasteiger partial charge in [0, 0.05) is 5.69 Å². The van der Waals surface area contributed by atoms with Crippen molar-refractivity contribution in [2.24, 2.45) is 0 Å². The van der Waals surface area contributed by atoms with Crippen LogP contribution in [0.2, 0.25) is 0 Å². The van der Waals surface area contributed by atoms with Gasteiger partial charge in [0.25, 0.3) is 0 Å². The average molecular weight is 349 g/mol. The molecule has 0 radical (unpaired) electrons. The van der Waals surface area contributed by atoms with Crippen LogP contribution >= 0.6 is 11.3 Å². The van der Waals surface area contributed by atoms with Crippen molar-refractivity contribution in [3.05, 3.63) is 44.9 Å². The number of H-pyrrole nitrogens is 1. The number of ether oxygens (including phenoxy) is 1. The van der Waals surface area contributed by atoms with Crippen LogP contribution in [0.4, 0.5) is 0 Å². The van der Waals surface area contributed by atoms with Crippen LogP contribution in [0.1, 0.15) is 63.8 Å². The van der Waals surface area contributed by atoms with Crippen molar-refractivity contribution in [3.63, 3.8) is 0 Å². The number of carbonyl (C=O) groups excluding carboxylic acids is 2. The second-order valence-corrected chi connectivity index (χ2v) is 6.97. The number of rotatable bonds is 7. The number of nitrogens with two attached hydrogens (primary N) is 1. The number of hydrogen-bond donors (Lipinski definition) is 2. The Balaban J connectivity index is 2.17. The molecule has 0 unspecified atom stereocenters. The number of aryl methyl sites for hydroxylation is 1. The number of carbonyl (C=O) groups is 2. The lowest BCUT2D eigenvalue weighted by Gasteiger charge is -2.14. The van der Waals surface area contributed by atoms with E-state index in [1.165, 1.54) is 4.88 Å². The van der Waals surface area contributed by atoms with Gasteiger partial charge in [0.05, 0.1) is 22.7 Å². The summed E-state index contributed by atoms with van der Waals surface area (Å²) in [4.78, 5) is 29.2. The Labute approximate surface area is 146 Å². The summed E-state index contributed by atoms with van der Waals surface area (Å²) in [5.74, 6) is -0.388. The molecule has 0 spiro atoms. The molecule has 6 heteroatoms. The van der Waals surface area contributed by atoms with E-state index in [0.717, 1.165) is 0 Å². The maximum Gasteiger partial charge on any atom is 0.340 e. The topological polar surface area (TPSA) is 75.8 Å². The molecule has 24 heavy (non-hydrogen) atoms. The third-order valence-corrected chi connectivity index (χ3v) is 5.22. The van der Waals surface area contributed by atoms with Gasteiger partial charge < -0.3 is 15.0 Å². The first kappa shape index (κ1) is 18.4. The van der Waals surface area contributed by atoms with E-state index in [1.807, 2.05) is 23.7 Å². The van der Waals surface area contributed by atoms with E-state index in [-0.39, 0.29) is 23.8 Å². The van der Waals surface area contributed by atoms with Crippen LogP contribution < -0.4 is 5.32 Å². The molecule has 0 saturated heterocycles. The zero-order valence-corrected chi connectivity index (χ0v) is 15.6. The number of ketones is 1.